The van der Waals surface area contributed by atoms with Crippen molar-refractivity contribution in [2.45, 2.75) is 24.6 Å². The van der Waals surface area contributed by atoms with Crippen molar-refractivity contribution in [1.29, 1.82) is 0 Å². The number of methoxy groups -OCH3 is 1. The van der Waals surface area contributed by atoms with E-state index in [2.05, 4.69) is 24.4 Å². The Bertz CT molecular complexity index is 365. The van der Waals surface area contributed by atoms with Gasteiger partial charge in [-0.25, -0.2) is 0 Å². The van der Waals surface area contributed by atoms with Gasteiger partial charge in [0, 0.05) is 11.8 Å². The van der Waals surface area contributed by atoms with Gasteiger partial charge in [0.2, 0.25) is 0 Å². The smallest absolute Gasteiger partial charge is 0.118 e. The highest BCUT2D eigenvalue weighted by atomic mass is 32.2. The summed E-state index contributed by atoms with van der Waals surface area (Å²) in [5.74, 6) is 2.01. The van der Waals surface area contributed by atoms with E-state index in [4.69, 9.17) is 9.47 Å². The van der Waals surface area contributed by atoms with Crippen LogP contribution in [0.2, 0.25) is 0 Å². The molecule has 0 saturated carbocycles. The van der Waals surface area contributed by atoms with E-state index in [-0.39, 0.29) is 0 Å². The van der Waals surface area contributed by atoms with Gasteiger partial charge in [-0.3, -0.25) is 0 Å². The van der Waals surface area contributed by atoms with Crippen LogP contribution in [0, 0.1) is 0 Å². The number of rotatable bonds is 8. The van der Waals surface area contributed by atoms with Gasteiger partial charge in [-0.05, 0) is 30.7 Å². The van der Waals surface area contributed by atoms with E-state index in [0.717, 1.165) is 37.7 Å². The summed E-state index contributed by atoms with van der Waals surface area (Å²) in [6, 6.07) is 8.80. The van der Waals surface area contributed by atoms with Gasteiger partial charge in [-0.2, -0.15) is 11.8 Å². The van der Waals surface area contributed by atoms with Gasteiger partial charge in [-0.1, -0.05) is 19.1 Å². The number of nitrogens with one attached hydrogen (secondary N) is 1. The minimum Gasteiger partial charge on any atom is -0.497 e. The van der Waals surface area contributed by atoms with E-state index < -0.39 is 0 Å². The molecule has 106 valence electrons. The molecule has 1 N–H and O–H groups in total. The Hall–Kier alpha value is -0.710. The number of ether oxygens (including phenoxy) is 2. The number of hydrogen-bond donors (Lipinski definition) is 1. The van der Waals surface area contributed by atoms with Gasteiger partial charge in [0.25, 0.3) is 0 Å². The quantitative estimate of drug-likeness (QED) is 0.794. The summed E-state index contributed by atoms with van der Waals surface area (Å²) in [6.45, 7) is 5.07. The summed E-state index contributed by atoms with van der Waals surface area (Å²) in [5, 5.41) is 4.31. The first-order chi connectivity index (χ1) is 9.33. The first kappa shape index (κ1) is 14.7. The molecule has 1 aliphatic heterocycles. The second-order valence-electron chi connectivity index (χ2n) is 4.77. The molecule has 0 spiro atoms. The Morgan fingerprint density at radius 3 is 2.63 bits per heavy atom. The second-order valence-corrected chi connectivity index (χ2v) is 6.11. The summed E-state index contributed by atoms with van der Waals surface area (Å²) >= 11 is 2.01. The van der Waals surface area contributed by atoms with Crippen molar-refractivity contribution in [3.05, 3.63) is 29.8 Å². The predicted molar refractivity (Wildman–Crippen MR) is 81.1 cm³/mol. The highest BCUT2D eigenvalue weighted by molar-refractivity contribution is 8.00. The number of hydrogen-bond acceptors (Lipinski definition) is 4. The number of thioether (sulfide) groups is 1. The van der Waals surface area contributed by atoms with Crippen LogP contribution in [0.3, 0.4) is 0 Å². The van der Waals surface area contributed by atoms with Crippen LogP contribution in [-0.4, -0.2) is 37.9 Å². The van der Waals surface area contributed by atoms with E-state index in [0.29, 0.717) is 11.3 Å². The molecule has 2 rings (SSSR count). The fourth-order valence-electron chi connectivity index (χ4n) is 1.97. The largest absolute Gasteiger partial charge is 0.497 e. The molecule has 0 radical (unpaired) electrons. The third kappa shape index (κ3) is 4.41. The molecule has 1 aromatic carbocycles. The van der Waals surface area contributed by atoms with E-state index in [1.807, 2.05) is 23.9 Å². The van der Waals surface area contributed by atoms with E-state index in [1.54, 1.807) is 7.11 Å². The Kier molecular flexibility index (Phi) is 6.01. The van der Waals surface area contributed by atoms with Gasteiger partial charge >= 0.3 is 0 Å². The third-order valence-electron chi connectivity index (χ3n) is 3.26. The molecule has 1 heterocycles. The van der Waals surface area contributed by atoms with Crippen LogP contribution in [0.5, 0.6) is 5.75 Å². The second kappa shape index (κ2) is 7.78. The lowest BCUT2D eigenvalue weighted by atomic mass is 10.1. The molecule has 0 bridgehead atoms. The summed E-state index contributed by atoms with van der Waals surface area (Å²) in [5.41, 5.74) is 1.34. The zero-order chi connectivity index (χ0) is 13.5. The van der Waals surface area contributed by atoms with Gasteiger partial charge in [-0.15, -0.1) is 0 Å². The van der Waals surface area contributed by atoms with Crippen molar-refractivity contribution in [3.63, 3.8) is 0 Å². The molecule has 0 aliphatic carbocycles. The standard InChI is InChI=1S/C15H23NO2S/c1-3-8-16-15(11-19-14-9-18-10-14)12-4-6-13(17-2)7-5-12/h4-7,14-16H,3,8-11H2,1-2H3. The lowest BCUT2D eigenvalue weighted by Crippen LogP contribution is -2.32. The first-order valence-corrected chi connectivity index (χ1v) is 7.95. The van der Waals surface area contributed by atoms with Crippen LogP contribution >= 0.6 is 11.8 Å². The molecule has 0 amide bonds. The summed E-state index contributed by atoms with van der Waals surface area (Å²) < 4.78 is 10.4. The van der Waals surface area contributed by atoms with Crippen LogP contribution in [0.1, 0.15) is 24.9 Å². The molecule has 19 heavy (non-hydrogen) atoms. The Labute approximate surface area is 120 Å². The average Bonchev–Trinajstić information content (AvgIpc) is 2.41. The molecule has 1 saturated heterocycles. The summed E-state index contributed by atoms with van der Waals surface area (Å²) in [7, 11) is 1.70. The van der Waals surface area contributed by atoms with Gasteiger partial charge in [0.05, 0.1) is 25.6 Å². The Balaban J connectivity index is 1.93. The van der Waals surface area contributed by atoms with Crippen LogP contribution in [0.25, 0.3) is 0 Å². The van der Waals surface area contributed by atoms with Gasteiger partial charge in [0.15, 0.2) is 0 Å². The maximum Gasteiger partial charge on any atom is 0.118 e. The molecule has 0 aromatic heterocycles. The van der Waals surface area contributed by atoms with Gasteiger partial charge < -0.3 is 14.8 Å². The lowest BCUT2D eigenvalue weighted by Gasteiger charge is -2.28. The van der Waals surface area contributed by atoms with Crippen molar-refractivity contribution >= 4 is 11.8 Å². The molecule has 1 unspecified atom stereocenters. The van der Waals surface area contributed by atoms with Gasteiger partial charge in [0.1, 0.15) is 5.75 Å². The molecular formula is C15H23NO2S. The van der Waals surface area contributed by atoms with Crippen molar-refractivity contribution in [1.82, 2.24) is 5.32 Å². The van der Waals surface area contributed by atoms with E-state index in [9.17, 15) is 0 Å². The maximum atomic E-state index is 5.23. The van der Waals surface area contributed by atoms with Crippen molar-refractivity contribution < 1.29 is 9.47 Å². The summed E-state index contributed by atoms with van der Waals surface area (Å²) in [6.07, 6.45) is 1.16. The van der Waals surface area contributed by atoms with Crippen LogP contribution in [0.4, 0.5) is 0 Å². The van der Waals surface area contributed by atoms with E-state index >= 15 is 0 Å². The zero-order valence-corrected chi connectivity index (χ0v) is 12.5. The fourth-order valence-corrected chi connectivity index (χ4v) is 3.13. The van der Waals surface area contributed by atoms with Crippen molar-refractivity contribution in [2.75, 3.05) is 32.6 Å². The molecule has 4 heteroatoms. The molecule has 1 aromatic rings. The zero-order valence-electron chi connectivity index (χ0n) is 11.7. The minimum absolute atomic E-state index is 0.413. The van der Waals surface area contributed by atoms with Crippen LogP contribution in [0.15, 0.2) is 24.3 Å². The minimum atomic E-state index is 0.413. The monoisotopic (exact) mass is 281 g/mol. The topological polar surface area (TPSA) is 30.5 Å². The van der Waals surface area contributed by atoms with Crippen LogP contribution < -0.4 is 10.1 Å². The Morgan fingerprint density at radius 2 is 2.11 bits per heavy atom. The fraction of sp³-hybridized carbons (Fsp3) is 0.600. The molecule has 1 aliphatic rings. The molecule has 3 nitrogen and oxygen atoms in total. The third-order valence-corrected chi connectivity index (χ3v) is 4.53. The Morgan fingerprint density at radius 1 is 1.37 bits per heavy atom. The van der Waals surface area contributed by atoms with Crippen molar-refractivity contribution in [2.24, 2.45) is 0 Å². The first-order valence-electron chi connectivity index (χ1n) is 6.90. The lowest BCUT2D eigenvalue weighted by molar-refractivity contribution is 0.0455. The average molecular weight is 281 g/mol. The summed E-state index contributed by atoms with van der Waals surface area (Å²) in [4.78, 5) is 0. The maximum absolute atomic E-state index is 5.23. The van der Waals surface area contributed by atoms with Crippen LogP contribution in [-0.2, 0) is 4.74 Å². The molecule has 1 fully saturated rings. The number of benzene rings is 1. The predicted octanol–water partition coefficient (Wildman–Crippen LogP) is 2.87. The normalized spacial score (nSPS) is 16.9. The molecule has 1 atom stereocenters. The highest BCUT2D eigenvalue weighted by Gasteiger charge is 2.21. The SMILES string of the molecule is CCCNC(CSC1COC1)c1ccc(OC)cc1. The van der Waals surface area contributed by atoms with Crippen molar-refractivity contribution in [3.8, 4) is 5.75 Å². The molecular weight excluding hydrogens is 258 g/mol. The highest BCUT2D eigenvalue weighted by Crippen LogP contribution is 2.26. The van der Waals surface area contributed by atoms with E-state index in [1.165, 1.54) is 5.56 Å².